The minimum atomic E-state index is -4.04. The van der Waals surface area contributed by atoms with E-state index in [2.05, 4.69) is 5.32 Å². The number of methoxy groups -OCH3 is 1. The van der Waals surface area contributed by atoms with Gasteiger partial charge in [0.05, 0.1) is 23.7 Å². The lowest BCUT2D eigenvalue weighted by atomic mass is 10.1. The highest BCUT2D eigenvalue weighted by Gasteiger charge is 2.28. The number of ether oxygens (including phenoxy) is 2. The lowest BCUT2D eigenvalue weighted by molar-refractivity contribution is -0.120. The van der Waals surface area contributed by atoms with E-state index >= 15 is 0 Å². The highest BCUT2D eigenvalue weighted by atomic mass is 32.2. The van der Waals surface area contributed by atoms with Crippen molar-refractivity contribution < 1.29 is 22.7 Å². The summed E-state index contributed by atoms with van der Waals surface area (Å²) >= 11 is 0. The first-order chi connectivity index (χ1) is 18.3. The van der Waals surface area contributed by atoms with Gasteiger partial charge in [-0.05, 0) is 68.4 Å². The molecule has 1 N–H and O–H groups in total. The van der Waals surface area contributed by atoms with Crippen LogP contribution in [0.3, 0.4) is 0 Å². The quantitative estimate of drug-likeness (QED) is 0.277. The monoisotopic (exact) mass is 530 g/mol. The Hall–Kier alpha value is -4.30. The van der Waals surface area contributed by atoms with Gasteiger partial charge in [0, 0.05) is 5.56 Å². The van der Waals surface area contributed by atoms with E-state index in [4.69, 9.17) is 9.47 Å². The lowest BCUT2D eigenvalue weighted by Crippen LogP contribution is -2.41. The zero-order chi connectivity index (χ0) is 27.1. The number of nitrogens with zero attached hydrogens (tertiary/aromatic N) is 1. The Bertz CT molecular complexity index is 1470. The summed E-state index contributed by atoms with van der Waals surface area (Å²) in [5.74, 6) is 1.39. The van der Waals surface area contributed by atoms with Crippen LogP contribution in [0.4, 0.5) is 5.69 Å². The first-order valence-corrected chi connectivity index (χ1v) is 13.6. The van der Waals surface area contributed by atoms with E-state index in [1.54, 1.807) is 55.6 Å². The second-order valence-corrected chi connectivity index (χ2v) is 10.6. The molecule has 0 aliphatic heterocycles. The van der Waals surface area contributed by atoms with Crippen LogP contribution in [-0.2, 0) is 14.8 Å². The van der Waals surface area contributed by atoms with Gasteiger partial charge in [0.2, 0.25) is 5.91 Å². The Morgan fingerprint density at radius 2 is 1.45 bits per heavy atom. The fraction of sp³-hybridized carbons (Fsp3) is 0.167. The second kappa shape index (κ2) is 11.8. The maximum absolute atomic E-state index is 13.7. The number of para-hydroxylation sites is 2. The van der Waals surface area contributed by atoms with E-state index in [1.807, 2.05) is 68.4 Å². The number of anilines is 1. The molecule has 0 fully saturated rings. The third-order valence-corrected chi connectivity index (χ3v) is 7.77. The van der Waals surface area contributed by atoms with E-state index in [0.29, 0.717) is 22.9 Å². The molecule has 7 nitrogen and oxygen atoms in total. The Labute approximate surface area is 223 Å². The van der Waals surface area contributed by atoms with Crippen molar-refractivity contribution in [2.24, 2.45) is 0 Å². The van der Waals surface area contributed by atoms with E-state index in [0.717, 1.165) is 15.4 Å². The number of hydrogen-bond donors (Lipinski definition) is 1. The average molecular weight is 531 g/mol. The minimum absolute atomic E-state index is 0.0956. The van der Waals surface area contributed by atoms with Crippen molar-refractivity contribution in [3.63, 3.8) is 0 Å². The SMILES string of the molecule is COc1ccccc1[C@H](C)NC(=O)CN(c1ccc(Oc2ccccc2)cc1)S(=O)(=O)c1ccc(C)cc1. The molecule has 1 atom stereocenters. The molecule has 0 aromatic heterocycles. The van der Waals surface area contributed by atoms with Crippen molar-refractivity contribution in [3.8, 4) is 17.2 Å². The van der Waals surface area contributed by atoms with Crippen LogP contribution in [0.15, 0.2) is 108 Å². The number of amides is 1. The molecule has 1 amide bonds. The number of carbonyl (C=O) groups excluding carboxylic acids is 1. The van der Waals surface area contributed by atoms with Crippen LogP contribution in [0.1, 0.15) is 24.1 Å². The topological polar surface area (TPSA) is 84.9 Å². The smallest absolute Gasteiger partial charge is 0.264 e. The molecule has 0 saturated carbocycles. The Kier molecular flexibility index (Phi) is 8.33. The summed E-state index contributed by atoms with van der Waals surface area (Å²) < 4.78 is 39.8. The van der Waals surface area contributed by atoms with E-state index in [9.17, 15) is 13.2 Å². The molecule has 0 heterocycles. The molecule has 8 heteroatoms. The molecule has 0 bridgehead atoms. The number of sulfonamides is 1. The molecule has 0 radical (unpaired) electrons. The highest BCUT2D eigenvalue weighted by molar-refractivity contribution is 7.92. The molecule has 4 aromatic carbocycles. The Balaban J connectivity index is 1.61. The van der Waals surface area contributed by atoms with Gasteiger partial charge in [-0.3, -0.25) is 9.10 Å². The number of hydrogen-bond acceptors (Lipinski definition) is 5. The zero-order valence-corrected chi connectivity index (χ0v) is 22.3. The van der Waals surface area contributed by atoms with Crippen LogP contribution >= 0.6 is 0 Å². The second-order valence-electron chi connectivity index (χ2n) is 8.76. The fourth-order valence-corrected chi connectivity index (χ4v) is 5.40. The van der Waals surface area contributed by atoms with Crippen molar-refractivity contribution in [2.45, 2.75) is 24.8 Å². The molecule has 0 saturated heterocycles. The van der Waals surface area contributed by atoms with Crippen molar-refractivity contribution in [2.75, 3.05) is 18.0 Å². The van der Waals surface area contributed by atoms with Crippen molar-refractivity contribution in [1.29, 1.82) is 0 Å². The highest BCUT2D eigenvalue weighted by Crippen LogP contribution is 2.29. The van der Waals surface area contributed by atoms with Crippen LogP contribution in [-0.4, -0.2) is 28.0 Å². The van der Waals surface area contributed by atoms with Gasteiger partial charge in [-0.2, -0.15) is 0 Å². The van der Waals surface area contributed by atoms with Crippen LogP contribution in [0.5, 0.6) is 17.2 Å². The minimum Gasteiger partial charge on any atom is -0.496 e. The molecule has 0 aliphatic carbocycles. The molecule has 4 aromatic rings. The Morgan fingerprint density at radius 3 is 2.11 bits per heavy atom. The maximum atomic E-state index is 13.7. The van der Waals surface area contributed by atoms with Gasteiger partial charge in [-0.15, -0.1) is 0 Å². The number of benzene rings is 4. The van der Waals surface area contributed by atoms with Gasteiger partial charge in [0.15, 0.2) is 0 Å². The molecule has 38 heavy (non-hydrogen) atoms. The third kappa shape index (κ3) is 6.33. The molecular weight excluding hydrogens is 500 g/mol. The molecule has 0 aliphatic rings. The standard InChI is InChI=1S/C30H30N2O5S/c1-22-13-19-27(20-14-22)38(34,35)32(21-30(33)31-23(2)28-11-7-8-12-29(28)36-3)24-15-17-26(18-16-24)37-25-9-5-4-6-10-25/h4-20,23H,21H2,1-3H3,(H,31,33)/t23-/m0/s1. The van der Waals surface area contributed by atoms with Gasteiger partial charge in [-0.1, -0.05) is 54.1 Å². The summed E-state index contributed by atoms with van der Waals surface area (Å²) in [7, 11) is -2.48. The average Bonchev–Trinajstić information content (AvgIpc) is 2.93. The van der Waals surface area contributed by atoms with Crippen molar-refractivity contribution in [1.82, 2.24) is 5.32 Å². The fourth-order valence-electron chi connectivity index (χ4n) is 3.98. The molecule has 0 unspecified atom stereocenters. The number of nitrogens with one attached hydrogen (secondary N) is 1. The first kappa shape index (κ1) is 26.8. The summed E-state index contributed by atoms with van der Waals surface area (Å²) in [6.07, 6.45) is 0. The van der Waals surface area contributed by atoms with Crippen LogP contribution in [0, 0.1) is 6.92 Å². The van der Waals surface area contributed by atoms with Crippen LogP contribution in [0.2, 0.25) is 0 Å². The van der Waals surface area contributed by atoms with E-state index < -0.39 is 28.5 Å². The summed E-state index contributed by atoms with van der Waals surface area (Å²) in [5, 5.41) is 2.90. The van der Waals surface area contributed by atoms with Gasteiger partial charge in [0.1, 0.15) is 23.8 Å². The largest absolute Gasteiger partial charge is 0.496 e. The van der Waals surface area contributed by atoms with E-state index in [-0.39, 0.29) is 4.90 Å². The lowest BCUT2D eigenvalue weighted by Gasteiger charge is -2.25. The zero-order valence-electron chi connectivity index (χ0n) is 21.5. The Morgan fingerprint density at radius 1 is 0.842 bits per heavy atom. The van der Waals surface area contributed by atoms with Gasteiger partial charge < -0.3 is 14.8 Å². The first-order valence-electron chi connectivity index (χ1n) is 12.1. The number of aryl methyl sites for hydroxylation is 1. The number of rotatable bonds is 10. The van der Waals surface area contributed by atoms with E-state index in [1.165, 1.54) is 0 Å². The van der Waals surface area contributed by atoms with Gasteiger partial charge in [0.25, 0.3) is 10.0 Å². The summed E-state index contributed by atoms with van der Waals surface area (Å²) in [6, 6.07) is 29.4. The molecule has 4 rings (SSSR count). The maximum Gasteiger partial charge on any atom is 0.264 e. The van der Waals surface area contributed by atoms with Crippen molar-refractivity contribution >= 4 is 21.6 Å². The third-order valence-electron chi connectivity index (χ3n) is 5.98. The summed E-state index contributed by atoms with van der Waals surface area (Å²) in [5.41, 5.74) is 2.06. The molecular formula is C30H30N2O5S. The van der Waals surface area contributed by atoms with Gasteiger partial charge >= 0.3 is 0 Å². The normalized spacial score (nSPS) is 11.9. The summed E-state index contributed by atoms with van der Waals surface area (Å²) in [4.78, 5) is 13.3. The van der Waals surface area contributed by atoms with Crippen LogP contribution < -0.4 is 19.1 Å². The molecule has 196 valence electrons. The van der Waals surface area contributed by atoms with Gasteiger partial charge in [-0.25, -0.2) is 8.42 Å². The summed E-state index contributed by atoms with van der Waals surface area (Å²) in [6.45, 7) is 3.30. The number of carbonyl (C=O) groups is 1. The predicted molar refractivity (Wildman–Crippen MR) is 148 cm³/mol. The van der Waals surface area contributed by atoms with Crippen LogP contribution in [0.25, 0.3) is 0 Å². The molecule has 0 spiro atoms. The van der Waals surface area contributed by atoms with Crippen molar-refractivity contribution in [3.05, 3.63) is 114 Å². The predicted octanol–water partition coefficient (Wildman–Crippen LogP) is 5.87.